The first-order valence-corrected chi connectivity index (χ1v) is 0. The van der Waals surface area contributed by atoms with Crippen molar-refractivity contribution < 1.29 is 35.0 Å². The summed E-state index contributed by atoms with van der Waals surface area (Å²) in [7, 11) is 0. The normalized spacial score (nSPS) is 0. The topological polar surface area (TPSA) is 100 Å². The molecule has 0 rings (SSSR count). The summed E-state index contributed by atoms with van der Waals surface area (Å²) >= 11 is 0. The number of rotatable bonds is 0. The van der Waals surface area contributed by atoms with Crippen LogP contribution in [-0.2, 0) is 0 Å². The fraction of sp³-hybridized carbons (Fsp3) is 0. The van der Waals surface area contributed by atoms with Gasteiger partial charge in [0, 0.05) is 0 Å². The predicted octanol–water partition coefficient (Wildman–Crippen LogP) is -2.85. The molecule has 0 bridgehead atoms. The van der Waals surface area contributed by atoms with Crippen molar-refractivity contribution in [2.24, 2.45) is 0 Å². The zero-order valence-electron chi connectivity index (χ0n) is 2.86. The summed E-state index contributed by atoms with van der Waals surface area (Å²) in [6, 6.07) is 0. The third-order valence-electron chi connectivity index (χ3n) is 0. The van der Waals surface area contributed by atoms with Crippen molar-refractivity contribution in [2.75, 3.05) is 0 Å². The fourth-order valence-electron chi connectivity index (χ4n) is 0. The van der Waals surface area contributed by atoms with Crippen LogP contribution in [0.15, 0.2) is 0 Å². The summed E-state index contributed by atoms with van der Waals surface area (Å²) in [6.45, 7) is 0. The van der Waals surface area contributed by atoms with Gasteiger partial charge in [-0.25, -0.2) is 0 Å². The van der Waals surface area contributed by atoms with Crippen LogP contribution >= 0.6 is 0 Å². The van der Waals surface area contributed by atoms with Crippen LogP contribution in [0.5, 0.6) is 0 Å². The van der Waals surface area contributed by atoms with Crippen molar-refractivity contribution in [3.05, 3.63) is 0 Å². The molecule has 0 atom stereocenters. The van der Waals surface area contributed by atoms with Gasteiger partial charge in [-0.3, -0.25) is 0 Å². The first-order chi connectivity index (χ1) is 0. The Kier molecular flexibility index (Phi) is 986. The van der Waals surface area contributed by atoms with Crippen molar-refractivity contribution in [3.63, 3.8) is 0 Å². The predicted molar refractivity (Wildman–Crippen MR) is 12.0 cm³/mol. The summed E-state index contributed by atoms with van der Waals surface area (Å²) < 4.78 is 0. The van der Waals surface area contributed by atoms with Crippen LogP contribution in [0.25, 0.3) is 0 Å². The third-order valence-corrected chi connectivity index (χ3v) is 0. The molecule has 0 radical (unpaired) electrons. The van der Waals surface area contributed by atoms with E-state index in [0.29, 0.717) is 0 Å². The molecule has 3 nitrogen and oxygen atoms in total. The summed E-state index contributed by atoms with van der Waals surface area (Å²) in [5.74, 6) is 0. The second-order valence-corrected chi connectivity index (χ2v) is 0. The Morgan fingerprint density at radius 3 is 0.750 bits per heavy atom. The average Bonchev–Trinajstić information content (AvgIpc) is 0. The second kappa shape index (κ2) is 41.6. The maximum atomic E-state index is 0. The Labute approximate surface area is 47.5 Å². The van der Waals surface area contributed by atoms with Crippen LogP contribution < -0.4 is 41.9 Å². The van der Waals surface area contributed by atoms with Gasteiger partial charge in [-0.2, -0.15) is 0 Å². The molecule has 0 unspecified atom stereocenters. The smallest absolute Gasteiger partial charge is 0.870 e. The average molecular weight is 74.1 g/mol. The number of hydrogen-bond donors (Lipinski definition) is 2. The Morgan fingerprint density at radius 1 is 0.750 bits per heavy atom. The van der Waals surface area contributed by atoms with E-state index >= 15 is 0 Å². The monoisotopic (exact) mass is 74.0 g/mol. The van der Waals surface area contributed by atoms with Crippen LogP contribution in [0.3, 0.4) is 0 Å². The quantitative estimate of drug-likeness (QED) is 0.302. The van der Waals surface area contributed by atoms with Crippen LogP contribution in [0.4, 0.5) is 0 Å². The molecular formula is H7N2NaO. The zero-order chi connectivity index (χ0) is 0. The molecule has 0 aromatic rings. The Morgan fingerprint density at radius 2 is 0.750 bits per heavy atom. The van der Waals surface area contributed by atoms with E-state index in [4.69, 9.17) is 0 Å². The minimum atomic E-state index is 0. The van der Waals surface area contributed by atoms with E-state index < -0.39 is 0 Å². The molecule has 0 heterocycles. The molecule has 24 valence electrons. The van der Waals surface area contributed by atoms with E-state index in [0.717, 1.165) is 0 Å². The van der Waals surface area contributed by atoms with Gasteiger partial charge in [0.2, 0.25) is 0 Å². The standard InChI is InChI=1S/2H3N.Na.H2O/h2*1H3;;1H2/q;;+1;/p-1. The molecule has 0 saturated carbocycles. The van der Waals surface area contributed by atoms with E-state index in [1.165, 1.54) is 0 Å². The summed E-state index contributed by atoms with van der Waals surface area (Å²) in [6.07, 6.45) is 0. The minimum absolute atomic E-state index is 0. The fourth-order valence-corrected chi connectivity index (χ4v) is 0. The summed E-state index contributed by atoms with van der Waals surface area (Å²) in [5, 5.41) is 0. The molecule has 7 N–H and O–H groups in total. The largest absolute Gasteiger partial charge is 1.00 e. The van der Waals surface area contributed by atoms with Gasteiger partial charge < -0.3 is 17.8 Å². The van der Waals surface area contributed by atoms with Gasteiger partial charge in [0.05, 0.1) is 0 Å². The van der Waals surface area contributed by atoms with Gasteiger partial charge in [-0.15, -0.1) is 0 Å². The van der Waals surface area contributed by atoms with Crippen molar-refractivity contribution >= 4 is 0 Å². The van der Waals surface area contributed by atoms with E-state index in [1.54, 1.807) is 0 Å². The minimum Gasteiger partial charge on any atom is -0.870 e. The molecule has 0 amide bonds. The van der Waals surface area contributed by atoms with Gasteiger partial charge in [0.15, 0.2) is 0 Å². The summed E-state index contributed by atoms with van der Waals surface area (Å²) in [4.78, 5) is 0. The van der Waals surface area contributed by atoms with Gasteiger partial charge in [0.1, 0.15) is 0 Å². The van der Waals surface area contributed by atoms with Crippen molar-refractivity contribution in [3.8, 4) is 0 Å². The van der Waals surface area contributed by atoms with E-state index in [-0.39, 0.29) is 47.3 Å². The van der Waals surface area contributed by atoms with Crippen molar-refractivity contribution in [2.45, 2.75) is 0 Å². The van der Waals surface area contributed by atoms with Gasteiger partial charge in [-0.05, 0) is 0 Å². The first kappa shape index (κ1) is 94.9. The van der Waals surface area contributed by atoms with Gasteiger partial charge in [0.25, 0.3) is 0 Å². The molecule has 0 aliphatic carbocycles. The van der Waals surface area contributed by atoms with Crippen LogP contribution in [0, 0.1) is 0 Å². The Bertz CT molecular complexity index is 6.00. The van der Waals surface area contributed by atoms with Gasteiger partial charge >= 0.3 is 29.6 Å². The summed E-state index contributed by atoms with van der Waals surface area (Å²) in [5.41, 5.74) is 0. The molecule has 0 aliphatic heterocycles. The Balaban J connectivity index is 0. The molecule has 0 spiro atoms. The maximum absolute atomic E-state index is 0. The first-order valence-electron chi connectivity index (χ1n) is 0. The zero-order valence-corrected chi connectivity index (χ0v) is 4.86. The molecule has 4 heteroatoms. The van der Waals surface area contributed by atoms with Crippen molar-refractivity contribution in [1.29, 1.82) is 0 Å². The SMILES string of the molecule is N.N.[Na+].[OH-]. The molecule has 0 aromatic carbocycles. The molecule has 0 aromatic heterocycles. The van der Waals surface area contributed by atoms with E-state index in [2.05, 4.69) is 0 Å². The Hall–Kier alpha value is 0.880. The van der Waals surface area contributed by atoms with Gasteiger partial charge in [-0.1, -0.05) is 0 Å². The molecular weight excluding hydrogens is 67.0 g/mol. The van der Waals surface area contributed by atoms with Crippen LogP contribution in [0.1, 0.15) is 0 Å². The molecule has 0 saturated heterocycles. The van der Waals surface area contributed by atoms with E-state index in [9.17, 15) is 0 Å². The molecule has 0 fully saturated rings. The maximum Gasteiger partial charge on any atom is 1.00 e. The van der Waals surface area contributed by atoms with Crippen LogP contribution in [-0.4, -0.2) is 5.48 Å². The molecule has 4 heavy (non-hydrogen) atoms. The second-order valence-electron chi connectivity index (χ2n) is 0. The number of hydrogen-bond acceptors (Lipinski definition) is 3. The molecule has 0 aliphatic rings. The third kappa shape index (κ3) is 13.1. The van der Waals surface area contributed by atoms with E-state index in [1.807, 2.05) is 0 Å². The van der Waals surface area contributed by atoms with Crippen LogP contribution in [0.2, 0.25) is 0 Å². The van der Waals surface area contributed by atoms with Crippen molar-refractivity contribution in [1.82, 2.24) is 12.3 Å².